The lowest BCUT2D eigenvalue weighted by atomic mass is 9.96. The molecule has 0 spiro atoms. The number of hydrogen-bond donors (Lipinski definition) is 1. The highest BCUT2D eigenvalue weighted by Gasteiger charge is 2.40. The van der Waals surface area contributed by atoms with Crippen LogP contribution in [-0.4, -0.2) is 34.8 Å². The number of rotatable bonds is 6. The minimum Gasteiger partial charge on any atom is -0.343 e. The van der Waals surface area contributed by atoms with Gasteiger partial charge >= 0.3 is 0 Å². The summed E-state index contributed by atoms with van der Waals surface area (Å²) in [5, 5.41) is 2.86. The Kier molecular flexibility index (Phi) is 5.83. The van der Waals surface area contributed by atoms with Crippen LogP contribution in [0.3, 0.4) is 0 Å². The van der Waals surface area contributed by atoms with Gasteiger partial charge in [0.05, 0.1) is 0 Å². The summed E-state index contributed by atoms with van der Waals surface area (Å²) < 4.78 is 0. The van der Waals surface area contributed by atoms with E-state index in [1.165, 1.54) is 0 Å². The number of amides is 2. The van der Waals surface area contributed by atoms with Crippen molar-refractivity contribution in [2.75, 3.05) is 0 Å². The van der Waals surface area contributed by atoms with E-state index in [0.717, 1.165) is 19.3 Å². The third-order valence-electron chi connectivity index (χ3n) is 3.82. The van der Waals surface area contributed by atoms with Gasteiger partial charge in [-0.05, 0) is 32.6 Å². The van der Waals surface area contributed by atoms with Gasteiger partial charge in [0.25, 0.3) is 0 Å². The molecule has 1 fully saturated rings. The van der Waals surface area contributed by atoms with Crippen molar-refractivity contribution >= 4 is 11.8 Å². The Bertz CT molecular complexity index is 328. The van der Waals surface area contributed by atoms with E-state index in [1.807, 2.05) is 6.92 Å². The highest BCUT2D eigenvalue weighted by atomic mass is 16.2. The first kappa shape index (κ1) is 16.0. The molecule has 3 unspecified atom stereocenters. The first-order valence-corrected chi connectivity index (χ1v) is 7.51. The number of unbranched alkanes of at least 4 members (excludes halogenated alkanes) is 1. The van der Waals surface area contributed by atoms with Gasteiger partial charge in [-0.1, -0.05) is 33.6 Å². The summed E-state index contributed by atoms with van der Waals surface area (Å²) >= 11 is 0. The van der Waals surface area contributed by atoms with Crippen molar-refractivity contribution in [2.24, 2.45) is 5.92 Å². The molecule has 2 amide bonds. The monoisotopic (exact) mass is 268 g/mol. The molecule has 1 heterocycles. The maximum atomic E-state index is 12.5. The summed E-state index contributed by atoms with van der Waals surface area (Å²) in [6, 6.07) is -0.543. The third kappa shape index (κ3) is 3.95. The van der Waals surface area contributed by atoms with Crippen molar-refractivity contribution in [1.29, 1.82) is 0 Å². The number of nitrogens with zero attached hydrogens (tertiary/aromatic N) is 1. The number of nitrogens with one attached hydrogen (secondary N) is 1. The van der Waals surface area contributed by atoms with Crippen molar-refractivity contribution in [3.8, 4) is 0 Å². The highest BCUT2D eigenvalue weighted by molar-refractivity contribution is 5.96. The zero-order valence-corrected chi connectivity index (χ0v) is 12.9. The van der Waals surface area contributed by atoms with Gasteiger partial charge in [0.1, 0.15) is 12.1 Å². The molecular formula is C15H28N2O2. The number of carbonyl (C=O) groups is 2. The average molecular weight is 268 g/mol. The molecular weight excluding hydrogens is 240 g/mol. The largest absolute Gasteiger partial charge is 0.343 e. The number of piperazine rings is 1. The molecule has 1 aliphatic heterocycles. The highest BCUT2D eigenvalue weighted by Crippen LogP contribution is 2.20. The molecule has 0 aromatic heterocycles. The topological polar surface area (TPSA) is 49.4 Å². The molecule has 0 aromatic carbocycles. The Balaban J connectivity index is 2.80. The van der Waals surface area contributed by atoms with Crippen LogP contribution in [0.25, 0.3) is 0 Å². The molecule has 0 bridgehead atoms. The maximum absolute atomic E-state index is 12.5. The molecule has 0 radical (unpaired) electrons. The lowest BCUT2D eigenvalue weighted by molar-refractivity contribution is -0.151. The Labute approximate surface area is 116 Å². The van der Waals surface area contributed by atoms with Gasteiger partial charge in [0.2, 0.25) is 11.8 Å². The molecule has 3 atom stereocenters. The second-order valence-corrected chi connectivity index (χ2v) is 6.10. The lowest BCUT2D eigenvalue weighted by Crippen LogP contribution is -2.64. The van der Waals surface area contributed by atoms with Crippen LogP contribution in [-0.2, 0) is 9.59 Å². The summed E-state index contributed by atoms with van der Waals surface area (Å²) in [6.45, 7) is 10.2. The third-order valence-corrected chi connectivity index (χ3v) is 3.82. The van der Waals surface area contributed by atoms with Crippen molar-refractivity contribution in [3.63, 3.8) is 0 Å². The predicted octanol–water partition coefficient (Wildman–Crippen LogP) is 2.33. The molecule has 4 heteroatoms. The molecule has 19 heavy (non-hydrogen) atoms. The Hall–Kier alpha value is -1.06. The normalized spacial score (nSPS) is 25.7. The van der Waals surface area contributed by atoms with Crippen LogP contribution < -0.4 is 5.32 Å². The van der Waals surface area contributed by atoms with Gasteiger partial charge in [-0.3, -0.25) is 9.59 Å². The Morgan fingerprint density at radius 2 is 1.89 bits per heavy atom. The second kappa shape index (κ2) is 6.92. The van der Waals surface area contributed by atoms with Crippen molar-refractivity contribution in [1.82, 2.24) is 10.2 Å². The van der Waals surface area contributed by atoms with Gasteiger partial charge in [-0.15, -0.1) is 0 Å². The molecule has 0 aliphatic carbocycles. The van der Waals surface area contributed by atoms with Gasteiger partial charge in [-0.2, -0.15) is 0 Å². The molecule has 0 saturated carbocycles. The van der Waals surface area contributed by atoms with E-state index in [0.29, 0.717) is 12.3 Å². The molecule has 0 aromatic rings. The van der Waals surface area contributed by atoms with Crippen molar-refractivity contribution in [3.05, 3.63) is 0 Å². The van der Waals surface area contributed by atoms with Crippen LogP contribution >= 0.6 is 0 Å². The molecule has 1 N–H and O–H groups in total. The van der Waals surface area contributed by atoms with Gasteiger partial charge in [0.15, 0.2) is 0 Å². The summed E-state index contributed by atoms with van der Waals surface area (Å²) in [4.78, 5) is 26.3. The van der Waals surface area contributed by atoms with Crippen LogP contribution in [0.1, 0.15) is 60.3 Å². The minimum atomic E-state index is -0.345. The smallest absolute Gasteiger partial charge is 0.246 e. The Morgan fingerprint density at radius 3 is 2.42 bits per heavy atom. The zero-order chi connectivity index (χ0) is 14.6. The fourth-order valence-corrected chi connectivity index (χ4v) is 2.72. The summed E-state index contributed by atoms with van der Waals surface area (Å²) in [7, 11) is 0. The molecule has 1 aliphatic rings. The van der Waals surface area contributed by atoms with Crippen LogP contribution in [0, 0.1) is 5.92 Å². The van der Waals surface area contributed by atoms with E-state index in [9.17, 15) is 9.59 Å². The van der Waals surface area contributed by atoms with Gasteiger partial charge in [-0.25, -0.2) is 0 Å². The van der Waals surface area contributed by atoms with Crippen LogP contribution in [0.15, 0.2) is 0 Å². The lowest BCUT2D eigenvalue weighted by Gasteiger charge is -2.41. The average Bonchev–Trinajstić information content (AvgIpc) is 2.33. The summed E-state index contributed by atoms with van der Waals surface area (Å²) in [5.41, 5.74) is 0. The standard InChI is InChI=1S/C15H28N2O2/c1-6-7-8-11(4)17-12(5)14(18)16-13(15(17)19)9-10(2)3/h10-13H,6-9H2,1-5H3,(H,16,18). The molecule has 4 nitrogen and oxygen atoms in total. The Morgan fingerprint density at radius 1 is 1.26 bits per heavy atom. The van der Waals surface area contributed by atoms with E-state index < -0.39 is 0 Å². The summed E-state index contributed by atoms with van der Waals surface area (Å²) in [6.07, 6.45) is 3.89. The first-order chi connectivity index (χ1) is 8.88. The van der Waals surface area contributed by atoms with Crippen LogP contribution in [0.2, 0.25) is 0 Å². The number of hydrogen-bond acceptors (Lipinski definition) is 2. The molecule has 110 valence electrons. The molecule has 1 saturated heterocycles. The minimum absolute atomic E-state index is 0.0198. The quantitative estimate of drug-likeness (QED) is 0.803. The SMILES string of the molecule is CCCCC(C)N1C(=O)C(CC(C)C)NC(=O)C1C. The van der Waals surface area contributed by atoms with Gasteiger partial charge < -0.3 is 10.2 Å². The predicted molar refractivity (Wildman–Crippen MR) is 76.7 cm³/mol. The van der Waals surface area contributed by atoms with Crippen molar-refractivity contribution in [2.45, 2.75) is 78.4 Å². The fraction of sp³-hybridized carbons (Fsp3) is 0.867. The number of carbonyl (C=O) groups excluding carboxylic acids is 2. The fourth-order valence-electron chi connectivity index (χ4n) is 2.72. The second-order valence-electron chi connectivity index (χ2n) is 6.10. The van der Waals surface area contributed by atoms with E-state index in [2.05, 4.69) is 33.0 Å². The zero-order valence-electron chi connectivity index (χ0n) is 12.9. The van der Waals surface area contributed by atoms with E-state index in [4.69, 9.17) is 0 Å². The van der Waals surface area contributed by atoms with Crippen molar-refractivity contribution < 1.29 is 9.59 Å². The molecule has 1 rings (SSSR count). The first-order valence-electron chi connectivity index (χ1n) is 7.51. The van der Waals surface area contributed by atoms with Crippen LogP contribution in [0.4, 0.5) is 0 Å². The van der Waals surface area contributed by atoms with Crippen LogP contribution in [0.5, 0.6) is 0 Å². The van der Waals surface area contributed by atoms with E-state index in [-0.39, 0.29) is 29.9 Å². The van der Waals surface area contributed by atoms with Gasteiger partial charge in [0, 0.05) is 6.04 Å². The summed E-state index contributed by atoms with van der Waals surface area (Å²) in [5.74, 6) is 0.466. The maximum Gasteiger partial charge on any atom is 0.246 e. The van der Waals surface area contributed by atoms with E-state index in [1.54, 1.807) is 4.90 Å². The van der Waals surface area contributed by atoms with E-state index >= 15 is 0 Å².